The Kier molecular flexibility index (Phi) is 3.84. The highest BCUT2D eigenvalue weighted by atomic mass is 16.2. The molecule has 3 rings (SSSR count). The van der Waals surface area contributed by atoms with Crippen LogP contribution in [0.5, 0.6) is 0 Å². The molecule has 0 unspecified atom stereocenters. The Balaban J connectivity index is 2.03. The maximum Gasteiger partial charge on any atom is 0.224 e. The number of aromatic nitrogens is 1. The Bertz CT molecular complexity index is 671. The number of carbonyl (C=O) groups excluding carboxylic acids is 1. The van der Waals surface area contributed by atoms with E-state index in [4.69, 9.17) is 0 Å². The predicted octanol–water partition coefficient (Wildman–Crippen LogP) is 3.63. The third-order valence-electron chi connectivity index (χ3n) is 4.56. The largest absolute Gasteiger partial charge is 0.378 e. The minimum atomic E-state index is 0.0618. The lowest BCUT2D eigenvalue weighted by Crippen LogP contribution is -2.48. The number of benzene rings is 1. The molecule has 2 aromatic rings. The molecule has 0 saturated carbocycles. The van der Waals surface area contributed by atoms with Crippen molar-refractivity contribution in [1.82, 2.24) is 4.98 Å². The lowest BCUT2D eigenvalue weighted by Gasteiger charge is -2.43. The molecule has 0 spiro atoms. The van der Waals surface area contributed by atoms with Gasteiger partial charge >= 0.3 is 0 Å². The molecule has 4 heteroatoms. The Morgan fingerprint density at radius 1 is 1.18 bits per heavy atom. The van der Waals surface area contributed by atoms with Crippen molar-refractivity contribution in [1.29, 1.82) is 0 Å². The molecule has 1 N–H and O–H groups in total. The molecule has 4 nitrogen and oxygen atoms in total. The summed E-state index contributed by atoms with van der Waals surface area (Å²) < 4.78 is 0. The van der Waals surface area contributed by atoms with Gasteiger partial charge in [0.2, 0.25) is 5.91 Å². The van der Waals surface area contributed by atoms with E-state index < -0.39 is 0 Å². The second-order valence-electron chi connectivity index (χ2n) is 5.91. The zero-order valence-corrected chi connectivity index (χ0v) is 13.2. The van der Waals surface area contributed by atoms with Crippen LogP contribution >= 0.6 is 0 Å². The van der Waals surface area contributed by atoms with E-state index in [9.17, 15) is 4.79 Å². The Morgan fingerprint density at radius 2 is 1.91 bits per heavy atom. The summed E-state index contributed by atoms with van der Waals surface area (Å²) in [5.74, 6) is 0.353. The summed E-state index contributed by atoms with van der Waals surface area (Å²) in [7, 11) is 0. The molecule has 114 valence electrons. The predicted molar refractivity (Wildman–Crippen MR) is 88.8 cm³/mol. The second kappa shape index (κ2) is 5.79. The molecule has 1 amide bonds. The summed E-state index contributed by atoms with van der Waals surface area (Å²) in [4.78, 5) is 18.1. The molecule has 0 bridgehead atoms. The average molecular weight is 295 g/mol. The number of carbonyl (C=O) groups is 1. The van der Waals surface area contributed by atoms with Gasteiger partial charge in [-0.05, 0) is 25.1 Å². The number of fused-ring (bicyclic) bond motifs is 1. The highest BCUT2D eigenvalue weighted by Crippen LogP contribution is 2.41. The monoisotopic (exact) mass is 295 g/mol. The van der Waals surface area contributed by atoms with Gasteiger partial charge in [-0.25, -0.2) is 0 Å². The lowest BCUT2D eigenvalue weighted by molar-refractivity contribution is -0.117. The minimum absolute atomic E-state index is 0.0618. The van der Waals surface area contributed by atoms with Gasteiger partial charge in [-0.1, -0.05) is 25.1 Å². The van der Waals surface area contributed by atoms with Gasteiger partial charge in [0.25, 0.3) is 0 Å². The minimum Gasteiger partial charge on any atom is -0.378 e. The van der Waals surface area contributed by atoms with Crippen molar-refractivity contribution < 1.29 is 4.79 Å². The molecule has 22 heavy (non-hydrogen) atoms. The normalized spacial score (nSPS) is 23.8. The van der Waals surface area contributed by atoms with Crippen LogP contribution < -0.4 is 10.2 Å². The van der Waals surface area contributed by atoms with Gasteiger partial charge in [0, 0.05) is 36.3 Å². The lowest BCUT2D eigenvalue weighted by atomic mass is 9.83. The first-order valence-electron chi connectivity index (χ1n) is 7.65. The highest BCUT2D eigenvalue weighted by molar-refractivity contribution is 5.93. The summed E-state index contributed by atoms with van der Waals surface area (Å²) in [6, 6.07) is 12.5. The number of amides is 1. The van der Waals surface area contributed by atoms with E-state index in [1.165, 1.54) is 0 Å². The number of nitrogens with zero attached hydrogens (tertiary/aromatic N) is 2. The van der Waals surface area contributed by atoms with Crippen molar-refractivity contribution in [2.24, 2.45) is 5.92 Å². The van der Waals surface area contributed by atoms with E-state index in [0.717, 1.165) is 16.9 Å². The van der Waals surface area contributed by atoms with Gasteiger partial charge in [-0.3, -0.25) is 9.78 Å². The Morgan fingerprint density at radius 3 is 2.59 bits per heavy atom. The standard InChI is InChI=1S/C18H21N3O/c1-12-13(2)21(14(3)22)17-11-19-10-9-16(17)18(12)20-15-7-5-4-6-8-15/h4-13,18,20H,1-3H3/t12-,13-,18+/m0/s1. The fourth-order valence-electron chi connectivity index (χ4n) is 3.26. The van der Waals surface area contributed by atoms with Gasteiger partial charge in [0.1, 0.15) is 0 Å². The zero-order chi connectivity index (χ0) is 15.7. The van der Waals surface area contributed by atoms with Crippen LogP contribution in [0.15, 0.2) is 48.8 Å². The van der Waals surface area contributed by atoms with E-state index in [2.05, 4.69) is 36.3 Å². The number of rotatable bonds is 2. The number of para-hydroxylation sites is 1. The van der Waals surface area contributed by atoms with Crippen LogP contribution in [0.2, 0.25) is 0 Å². The highest BCUT2D eigenvalue weighted by Gasteiger charge is 2.38. The first-order chi connectivity index (χ1) is 10.6. The molecule has 0 radical (unpaired) electrons. The molecule has 0 fully saturated rings. The van der Waals surface area contributed by atoms with E-state index in [-0.39, 0.29) is 18.0 Å². The van der Waals surface area contributed by atoms with Gasteiger partial charge in [0.05, 0.1) is 17.9 Å². The van der Waals surface area contributed by atoms with Crippen molar-refractivity contribution in [2.75, 3.05) is 10.2 Å². The molecule has 2 heterocycles. The summed E-state index contributed by atoms with van der Waals surface area (Å²) >= 11 is 0. The summed E-state index contributed by atoms with van der Waals surface area (Å²) in [6.07, 6.45) is 3.58. The van der Waals surface area contributed by atoms with E-state index in [1.807, 2.05) is 29.2 Å². The van der Waals surface area contributed by atoms with Gasteiger partial charge in [-0.2, -0.15) is 0 Å². The van der Waals surface area contributed by atoms with Crippen LogP contribution in [0, 0.1) is 5.92 Å². The quantitative estimate of drug-likeness (QED) is 0.920. The van der Waals surface area contributed by atoms with E-state index >= 15 is 0 Å². The van der Waals surface area contributed by atoms with E-state index in [1.54, 1.807) is 19.3 Å². The fraction of sp³-hybridized carbons (Fsp3) is 0.333. The second-order valence-corrected chi connectivity index (χ2v) is 5.91. The van der Waals surface area contributed by atoms with Gasteiger partial charge in [-0.15, -0.1) is 0 Å². The molecular weight excluding hydrogens is 274 g/mol. The summed E-state index contributed by atoms with van der Waals surface area (Å²) in [5, 5.41) is 3.61. The first-order valence-corrected chi connectivity index (χ1v) is 7.65. The maximum absolute atomic E-state index is 12.1. The van der Waals surface area contributed by atoms with Gasteiger partial charge in [0.15, 0.2) is 0 Å². The van der Waals surface area contributed by atoms with Crippen LogP contribution in [0.25, 0.3) is 0 Å². The third-order valence-corrected chi connectivity index (χ3v) is 4.56. The number of hydrogen-bond acceptors (Lipinski definition) is 3. The van der Waals surface area contributed by atoms with Crippen LogP contribution in [-0.4, -0.2) is 16.9 Å². The molecular formula is C18H21N3O. The molecule has 3 atom stereocenters. The molecule has 0 aliphatic carbocycles. The van der Waals surface area contributed by atoms with Crippen molar-refractivity contribution in [3.8, 4) is 0 Å². The van der Waals surface area contributed by atoms with Crippen LogP contribution in [0.3, 0.4) is 0 Å². The molecule has 1 aromatic carbocycles. The number of hydrogen-bond donors (Lipinski definition) is 1. The molecule has 0 saturated heterocycles. The smallest absolute Gasteiger partial charge is 0.224 e. The Labute approximate surface area is 131 Å². The molecule has 1 aliphatic rings. The molecule has 1 aliphatic heterocycles. The van der Waals surface area contributed by atoms with Crippen molar-refractivity contribution in [2.45, 2.75) is 32.9 Å². The Hall–Kier alpha value is -2.36. The van der Waals surface area contributed by atoms with Crippen molar-refractivity contribution in [3.05, 3.63) is 54.4 Å². The number of nitrogens with one attached hydrogen (secondary N) is 1. The van der Waals surface area contributed by atoms with Crippen molar-refractivity contribution in [3.63, 3.8) is 0 Å². The maximum atomic E-state index is 12.1. The first kappa shape index (κ1) is 14.6. The van der Waals surface area contributed by atoms with Crippen LogP contribution in [0.4, 0.5) is 11.4 Å². The van der Waals surface area contributed by atoms with Crippen LogP contribution in [-0.2, 0) is 4.79 Å². The van der Waals surface area contributed by atoms with Crippen molar-refractivity contribution >= 4 is 17.3 Å². The number of pyridine rings is 1. The van der Waals surface area contributed by atoms with Crippen LogP contribution in [0.1, 0.15) is 32.4 Å². The van der Waals surface area contributed by atoms with Gasteiger partial charge < -0.3 is 10.2 Å². The SMILES string of the molecule is CC(=O)N1c2cnccc2[C@H](Nc2ccccc2)[C@@H](C)[C@@H]1C. The third kappa shape index (κ3) is 2.45. The summed E-state index contributed by atoms with van der Waals surface area (Å²) in [6.45, 7) is 5.90. The van der Waals surface area contributed by atoms with E-state index in [0.29, 0.717) is 5.92 Å². The fourth-order valence-corrected chi connectivity index (χ4v) is 3.26. The topological polar surface area (TPSA) is 45.2 Å². The number of anilines is 2. The molecule has 1 aromatic heterocycles. The average Bonchev–Trinajstić information content (AvgIpc) is 2.52. The zero-order valence-electron chi connectivity index (χ0n) is 13.2. The summed E-state index contributed by atoms with van der Waals surface area (Å²) in [5.41, 5.74) is 3.12.